The lowest BCUT2D eigenvalue weighted by atomic mass is 9.98. The minimum Gasteiger partial charge on any atom is -0.356 e. The molecule has 0 saturated heterocycles. The molecule has 1 aromatic rings. The van der Waals surface area contributed by atoms with Crippen LogP contribution in [0.1, 0.15) is 36.8 Å². The predicted molar refractivity (Wildman–Crippen MR) is 87.1 cm³/mol. The highest BCUT2D eigenvalue weighted by Gasteiger charge is 2.26. The molecule has 0 heterocycles. The highest BCUT2D eigenvalue weighted by molar-refractivity contribution is 9.09. The summed E-state index contributed by atoms with van der Waals surface area (Å²) < 4.78 is 0. The summed E-state index contributed by atoms with van der Waals surface area (Å²) in [5, 5.41) is 4.18. The molecule has 110 valence electrons. The number of carbonyl (C=O) groups is 1. The minimum absolute atomic E-state index is 0.187. The number of aryl methyl sites for hydroxylation is 2. The Morgan fingerprint density at radius 2 is 2.15 bits per heavy atom. The van der Waals surface area contributed by atoms with Gasteiger partial charge in [0.05, 0.1) is 0 Å². The van der Waals surface area contributed by atoms with Gasteiger partial charge in [-0.3, -0.25) is 4.79 Å². The summed E-state index contributed by atoms with van der Waals surface area (Å²) in [5.74, 6) is 1.59. The van der Waals surface area contributed by atoms with Gasteiger partial charge in [0, 0.05) is 18.3 Å². The Morgan fingerprint density at radius 1 is 1.35 bits per heavy atom. The molecule has 2 rings (SSSR count). The Bertz CT molecular complexity index is 446. The minimum atomic E-state index is 0.187. The fourth-order valence-electron chi connectivity index (χ4n) is 3.04. The lowest BCUT2D eigenvalue weighted by Gasteiger charge is -2.17. The van der Waals surface area contributed by atoms with E-state index in [0.717, 1.165) is 24.2 Å². The quantitative estimate of drug-likeness (QED) is 0.784. The third-order valence-electron chi connectivity index (χ3n) is 4.30. The first-order valence-corrected chi connectivity index (χ1v) is 8.69. The Labute approximate surface area is 130 Å². The van der Waals surface area contributed by atoms with E-state index in [1.165, 1.54) is 30.4 Å². The van der Waals surface area contributed by atoms with Crippen LogP contribution < -0.4 is 5.32 Å². The number of carbonyl (C=O) groups excluding carboxylic acids is 1. The summed E-state index contributed by atoms with van der Waals surface area (Å²) in [6.07, 6.45) is 5.29. The van der Waals surface area contributed by atoms with E-state index in [4.69, 9.17) is 0 Å². The summed E-state index contributed by atoms with van der Waals surface area (Å²) in [6, 6.07) is 8.40. The Morgan fingerprint density at radius 3 is 2.90 bits per heavy atom. The van der Waals surface area contributed by atoms with Crippen molar-refractivity contribution in [2.75, 3.05) is 11.9 Å². The zero-order valence-electron chi connectivity index (χ0n) is 12.2. The second kappa shape index (κ2) is 7.82. The van der Waals surface area contributed by atoms with Crippen molar-refractivity contribution in [3.05, 3.63) is 35.4 Å². The molecule has 1 fully saturated rings. The van der Waals surface area contributed by atoms with Crippen LogP contribution in [0.25, 0.3) is 0 Å². The summed E-state index contributed by atoms with van der Waals surface area (Å²) >= 11 is 3.58. The largest absolute Gasteiger partial charge is 0.356 e. The topological polar surface area (TPSA) is 29.1 Å². The van der Waals surface area contributed by atoms with Crippen LogP contribution in [0.2, 0.25) is 0 Å². The molecule has 1 saturated carbocycles. The van der Waals surface area contributed by atoms with E-state index in [-0.39, 0.29) is 5.91 Å². The van der Waals surface area contributed by atoms with Gasteiger partial charge in [-0.2, -0.15) is 0 Å². The molecule has 2 atom stereocenters. The SMILES string of the molecule is Cc1cccc(CCC(=O)NCC2CCCC2CBr)c1. The normalized spacial score (nSPS) is 21.9. The van der Waals surface area contributed by atoms with E-state index >= 15 is 0 Å². The maximum Gasteiger partial charge on any atom is 0.220 e. The zero-order chi connectivity index (χ0) is 14.4. The molecule has 1 aliphatic carbocycles. The molecule has 0 spiro atoms. The molecule has 1 aliphatic rings. The molecule has 2 unspecified atom stereocenters. The van der Waals surface area contributed by atoms with Gasteiger partial charge in [0.1, 0.15) is 0 Å². The van der Waals surface area contributed by atoms with E-state index < -0.39 is 0 Å². The average Bonchev–Trinajstić information content (AvgIpc) is 2.90. The van der Waals surface area contributed by atoms with Gasteiger partial charge in [0.2, 0.25) is 5.91 Å². The van der Waals surface area contributed by atoms with Gasteiger partial charge < -0.3 is 5.32 Å². The second-order valence-electron chi connectivity index (χ2n) is 5.90. The Balaban J connectivity index is 1.70. The Kier molecular flexibility index (Phi) is 6.08. The van der Waals surface area contributed by atoms with Crippen molar-refractivity contribution in [3.8, 4) is 0 Å². The van der Waals surface area contributed by atoms with Gasteiger partial charge in [-0.05, 0) is 43.6 Å². The van der Waals surface area contributed by atoms with Gasteiger partial charge in [0.15, 0.2) is 0 Å². The van der Waals surface area contributed by atoms with Crippen molar-refractivity contribution in [2.24, 2.45) is 11.8 Å². The van der Waals surface area contributed by atoms with E-state index in [9.17, 15) is 4.79 Å². The van der Waals surface area contributed by atoms with E-state index in [2.05, 4.69) is 52.4 Å². The highest BCUT2D eigenvalue weighted by Crippen LogP contribution is 2.32. The molecule has 1 N–H and O–H groups in total. The first kappa shape index (κ1) is 15.6. The average molecular weight is 338 g/mol. The Hall–Kier alpha value is -0.830. The summed E-state index contributed by atoms with van der Waals surface area (Å²) in [5.41, 5.74) is 2.51. The molecular formula is C17H24BrNO. The molecular weight excluding hydrogens is 314 g/mol. The molecule has 20 heavy (non-hydrogen) atoms. The summed E-state index contributed by atoms with van der Waals surface area (Å²) in [6.45, 7) is 2.94. The molecule has 1 aromatic carbocycles. The first-order chi connectivity index (χ1) is 9.69. The maximum absolute atomic E-state index is 11.9. The molecule has 0 aliphatic heterocycles. The molecule has 3 heteroatoms. The number of halogens is 1. The third kappa shape index (κ3) is 4.62. The van der Waals surface area contributed by atoms with E-state index in [1.54, 1.807) is 0 Å². The van der Waals surface area contributed by atoms with Gasteiger partial charge in [-0.25, -0.2) is 0 Å². The molecule has 0 bridgehead atoms. The number of hydrogen-bond donors (Lipinski definition) is 1. The standard InChI is InChI=1S/C17H24BrNO/c1-13-4-2-5-14(10-13)8-9-17(20)19-12-16-7-3-6-15(16)11-18/h2,4-5,10,15-16H,3,6-9,11-12H2,1H3,(H,19,20). The number of alkyl halides is 1. The highest BCUT2D eigenvalue weighted by atomic mass is 79.9. The maximum atomic E-state index is 11.9. The monoisotopic (exact) mass is 337 g/mol. The van der Waals surface area contributed by atoms with Crippen LogP contribution in [-0.4, -0.2) is 17.8 Å². The van der Waals surface area contributed by atoms with Gasteiger partial charge in [0.25, 0.3) is 0 Å². The second-order valence-corrected chi connectivity index (χ2v) is 6.55. The van der Waals surface area contributed by atoms with Crippen LogP contribution in [0.4, 0.5) is 0 Å². The van der Waals surface area contributed by atoms with Crippen molar-refractivity contribution in [3.63, 3.8) is 0 Å². The van der Waals surface area contributed by atoms with Crippen molar-refractivity contribution < 1.29 is 4.79 Å². The molecule has 2 nitrogen and oxygen atoms in total. The molecule has 0 aromatic heterocycles. The molecule has 1 amide bonds. The van der Waals surface area contributed by atoms with Crippen LogP contribution in [0, 0.1) is 18.8 Å². The predicted octanol–water partition coefficient (Wildman–Crippen LogP) is 3.86. The number of amides is 1. The zero-order valence-corrected chi connectivity index (χ0v) is 13.8. The van der Waals surface area contributed by atoms with Crippen molar-refractivity contribution in [1.82, 2.24) is 5.32 Å². The van der Waals surface area contributed by atoms with Crippen molar-refractivity contribution in [2.45, 2.75) is 39.0 Å². The smallest absolute Gasteiger partial charge is 0.220 e. The van der Waals surface area contributed by atoms with Crippen LogP contribution in [-0.2, 0) is 11.2 Å². The van der Waals surface area contributed by atoms with Crippen LogP contribution >= 0.6 is 15.9 Å². The summed E-state index contributed by atoms with van der Waals surface area (Å²) in [7, 11) is 0. The van der Waals surface area contributed by atoms with Crippen molar-refractivity contribution >= 4 is 21.8 Å². The van der Waals surface area contributed by atoms with Gasteiger partial charge in [-0.1, -0.05) is 52.2 Å². The first-order valence-electron chi connectivity index (χ1n) is 7.57. The van der Waals surface area contributed by atoms with Crippen LogP contribution in [0.15, 0.2) is 24.3 Å². The molecule has 0 radical (unpaired) electrons. The van der Waals surface area contributed by atoms with Crippen LogP contribution in [0.3, 0.4) is 0 Å². The summed E-state index contributed by atoms with van der Waals surface area (Å²) in [4.78, 5) is 11.9. The fourth-order valence-corrected chi connectivity index (χ4v) is 3.90. The lowest BCUT2D eigenvalue weighted by Crippen LogP contribution is -2.31. The number of nitrogens with one attached hydrogen (secondary N) is 1. The van der Waals surface area contributed by atoms with Crippen LogP contribution in [0.5, 0.6) is 0 Å². The number of benzene rings is 1. The third-order valence-corrected chi connectivity index (χ3v) is 5.13. The van der Waals surface area contributed by atoms with Crippen molar-refractivity contribution in [1.29, 1.82) is 0 Å². The van der Waals surface area contributed by atoms with E-state index in [0.29, 0.717) is 12.3 Å². The van der Waals surface area contributed by atoms with E-state index in [1.807, 2.05) is 0 Å². The van der Waals surface area contributed by atoms with Gasteiger partial charge >= 0.3 is 0 Å². The number of hydrogen-bond acceptors (Lipinski definition) is 1. The number of rotatable bonds is 6. The fraction of sp³-hybridized carbons (Fsp3) is 0.588. The lowest BCUT2D eigenvalue weighted by molar-refractivity contribution is -0.121. The van der Waals surface area contributed by atoms with Gasteiger partial charge in [-0.15, -0.1) is 0 Å².